The number of nitrogens with zero attached hydrogens (tertiary/aromatic N) is 1. The van der Waals surface area contributed by atoms with Crippen LogP contribution < -0.4 is 4.72 Å². The fourth-order valence-corrected chi connectivity index (χ4v) is 5.59. The van der Waals surface area contributed by atoms with Crippen LogP contribution in [0, 0.1) is 0 Å². The third-order valence-corrected chi connectivity index (χ3v) is 6.57. The highest BCUT2D eigenvalue weighted by molar-refractivity contribution is 7.90. The zero-order valence-electron chi connectivity index (χ0n) is 11.4. The van der Waals surface area contributed by atoms with Crippen LogP contribution in [0.25, 0.3) is 0 Å². The van der Waals surface area contributed by atoms with Gasteiger partial charge in [0, 0.05) is 0 Å². The van der Waals surface area contributed by atoms with Gasteiger partial charge in [-0.1, -0.05) is 36.5 Å². The van der Waals surface area contributed by atoms with Gasteiger partial charge in [-0.15, -0.1) is 11.3 Å². The molecular formula is C12H16Cl2N2O3S2. The van der Waals surface area contributed by atoms with Crippen molar-refractivity contribution in [1.29, 1.82) is 0 Å². The first-order valence-electron chi connectivity index (χ1n) is 6.60. The Morgan fingerprint density at radius 3 is 2.76 bits per heavy atom. The van der Waals surface area contributed by atoms with Crippen molar-refractivity contribution in [3.8, 4) is 0 Å². The van der Waals surface area contributed by atoms with Crippen LogP contribution in [0.4, 0.5) is 0 Å². The number of piperidine rings is 1. The fraction of sp³-hybridized carbons (Fsp3) is 0.583. The van der Waals surface area contributed by atoms with Crippen LogP contribution in [-0.2, 0) is 14.8 Å². The van der Waals surface area contributed by atoms with Gasteiger partial charge in [-0.25, -0.2) is 13.1 Å². The molecule has 2 rings (SSSR count). The van der Waals surface area contributed by atoms with Crippen molar-refractivity contribution >= 4 is 50.5 Å². The molecule has 0 aromatic carbocycles. The Bertz CT molecular complexity index is 630. The standard InChI is InChI=1S/C12H16Cl2N2O3S2/c1-2-16-6-4-3-5-8(16)12(17)15-21(18,19)9-7-10(13)20-11(9)14/h7-8H,2-6H2,1H3,(H,15,17). The van der Waals surface area contributed by atoms with Gasteiger partial charge in [0.1, 0.15) is 9.23 Å². The highest BCUT2D eigenvalue weighted by atomic mass is 35.5. The first-order chi connectivity index (χ1) is 9.85. The molecule has 1 aliphatic rings. The quantitative estimate of drug-likeness (QED) is 0.884. The lowest BCUT2D eigenvalue weighted by molar-refractivity contribution is -0.125. The van der Waals surface area contributed by atoms with Crippen molar-refractivity contribution < 1.29 is 13.2 Å². The molecule has 0 aliphatic carbocycles. The van der Waals surface area contributed by atoms with Gasteiger partial charge in [-0.3, -0.25) is 9.69 Å². The summed E-state index contributed by atoms with van der Waals surface area (Å²) < 4.78 is 26.9. The van der Waals surface area contributed by atoms with Gasteiger partial charge in [0.15, 0.2) is 0 Å². The summed E-state index contributed by atoms with van der Waals surface area (Å²) >= 11 is 12.6. The molecule has 1 fully saturated rings. The second-order valence-electron chi connectivity index (χ2n) is 4.80. The van der Waals surface area contributed by atoms with Crippen molar-refractivity contribution in [1.82, 2.24) is 9.62 Å². The first kappa shape index (κ1) is 17.0. The molecule has 0 saturated carbocycles. The molecule has 21 heavy (non-hydrogen) atoms. The van der Waals surface area contributed by atoms with Gasteiger partial charge < -0.3 is 0 Å². The van der Waals surface area contributed by atoms with Gasteiger partial charge in [0.05, 0.1) is 10.4 Å². The van der Waals surface area contributed by atoms with E-state index in [1.165, 1.54) is 6.07 Å². The minimum atomic E-state index is -3.98. The number of hydrogen-bond acceptors (Lipinski definition) is 5. The summed E-state index contributed by atoms with van der Waals surface area (Å²) in [5.41, 5.74) is 0. The van der Waals surface area contributed by atoms with Gasteiger partial charge >= 0.3 is 0 Å². The smallest absolute Gasteiger partial charge is 0.266 e. The van der Waals surface area contributed by atoms with Gasteiger partial charge in [-0.2, -0.15) is 0 Å². The van der Waals surface area contributed by atoms with Crippen LogP contribution in [0.5, 0.6) is 0 Å². The van der Waals surface area contributed by atoms with Crippen molar-refractivity contribution in [2.75, 3.05) is 13.1 Å². The summed E-state index contributed by atoms with van der Waals surface area (Å²) in [7, 11) is -3.98. The zero-order chi connectivity index (χ0) is 15.6. The van der Waals surface area contributed by atoms with E-state index < -0.39 is 22.0 Å². The molecule has 5 nitrogen and oxygen atoms in total. The average Bonchev–Trinajstić information content (AvgIpc) is 2.78. The molecule has 1 atom stereocenters. The molecule has 118 valence electrons. The minimum absolute atomic E-state index is 0.0521. The molecule has 1 aromatic heterocycles. The Kier molecular flexibility index (Phi) is 5.54. The van der Waals surface area contributed by atoms with E-state index in [1.54, 1.807) is 0 Å². The van der Waals surface area contributed by atoms with E-state index in [4.69, 9.17) is 23.2 Å². The van der Waals surface area contributed by atoms with Gasteiger partial charge in [0.25, 0.3) is 15.9 Å². The summed E-state index contributed by atoms with van der Waals surface area (Å²) in [5, 5.41) is 0. The zero-order valence-corrected chi connectivity index (χ0v) is 14.6. The number of carbonyl (C=O) groups is 1. The number of rotatable bonds is 4. The third-order valence-electron chi connectivity index (χ3n) is 3.47. The molecule has 0 radical (unpaired) electrons. The maximum Gasteiger partial charge on any atom is 0.266 e. The van der Waals surface area contributed by atoms with E-state index >= 15 is 0 Å². The van der Waals surface area contributed by atoms with Crippen LogP contribution in [0.2, 0.25) is 8.67 Å². The Morgan fingerprint density at radius 2 is 2.19 bits per heavy atom. The normalized spacial score (nSPS) is 20.4. The van der Waals surface area contributed by atoms with E-state index in [9.17, 15) is 13.2 Å². The minimum Gasteiger partial charge on any atom is -0.292 e. The number of halogens is 2. The number of hydrogen-bond donors (Lipinski definition) is 1. The van der Waals surface area contributed by atoms with Crippen LogP contribution >= 0.6 is 34.5 Å². The molecule has 2 heterocycles. The highest BCUT2D eigenvalue weighted by Gasteiger charge is 2.31. The van der Waals surface area contributed by atoms with E-state index in [1.807, 2.05) is 11.8 Å². The molecule has 1 saturated heterocycles. The molecular weight excluding hydrogens is 355 g/mol. The highest BCUT2D eigenvalue weighted by Crippen LogP contribution is 2.34. The van der Waals surface area contributed by atoms with Crippen molar-refractivity contribution in [2.45, 2.75) is 37.1 Å². The number of amides is 1. The number of likely N-dealkylation sites (tertiary alicyclic amines) is 1. The summed E-state index contributed by atoms with van der Waals surface area (Å²) in [6.07, 6.45) is 2.60. The number of carbonyl (C=O) groups excluding carboxylic acids is 1. The molecule has 1 aromatic rings. The summed E-state index contributed by atoms with van der Waals surface area (Å²) in [6, 6.07) is 0.842. The molecule has 0 bridgehead atoms. The number of sulfonamides is 1. The average molecular weight is 371 g/mol. The SMILES string of the molecule is CCN1CCCCC1C(=O)NS(=O)(=O)c1cc(Cl)sc1Cl. The topological polar surface area (TPSA) is 66.5 Å². The predicted octanol–water partition coefficient (Wildman–Crippen LogP) is 2.73. The third kappa shape index (κ3) is 3.90. The lowest BCUT2D eigenvalue weighted by Crippen LogP contribution is -2.50. The van der Waals surface area contributed by atoms with E-state index in [0.29, 0.717) is 13.0 Å². The van der Waals surface area contributed by atoms with Crippen molar-refractivity contribution in [2.24, 2.45) is 0 Å². The van der Waals surface area contributed by atoms with Crippen LogP contribution in [0.3, 0.4) is 0 Å². The molecule has 1 amide bonds. The molecule has 1 N–H and O–H groups in total. The van der Waals surface area contributed by atoms with Crippen molar-refractivity contribution in [3.63, 3.8) is 0 Å². The Morgan fingerprint density at radius 1 is 1.48 bits per heavy atom. The summed E-state index contributed by atoms with van der Waals surface area (Å²) in [4.78, 5) is 14.1. The molecule has 1 unspecified atom stereocenters. The lowest BCUT2D eigenvalue weighted by Gasteiger charge is -2.33. The molecule has 9 heteroatoms. The summed E-state index contributed by atoms with van der Waals surface area (Å²) in [6.45, 7) is 3.47. The number of thiophene rings is 1. The fourth-order valence-electron chi connectivity index (χ4n) is 2.43. The second-order valence-corrected chi connectivity index (χ2v) is 8.73. The van der Waals surface area contributed by atoms with E-state index in [2.05, 4.69) is 4.72 Å². The molecule has 0 spiro atoms. The van der Waals surface area contributed by atoms with Crippen molar-refractivity contribution in [3.05, 3.63) is 14.7 Å². The first-order valence-corrected chi connectivity index (χ1v) is 9.66. The Labute approximate surface area is 138 Å². The predicted molar refractivity (Wildman–Crippen MR) is 84.6 cm³/mol. The van der Waals surface area contributed by atoms with Gasteiger partial charge in [-0.05, 0) is 32.0 Å². The van der Waals surface area contributed by atoms with E-state index in [0.717, 1.165) is 30.7 Å². The Hall–Kier alpha value is -0.340. The number of nitrogens with one attached hydrogen (secondary N) is 1. The maximum atomic E-state index is 12.3. The second kappa shape index (κ2) is 6.83. The van der Waals surface area contributed by atoms with Crippen LogP contribution in [-0.4, -0.2) is 38.4 Å². The Balaban J connectivity index is 2.16. The van der Waals surface area contributed by atoms with Crippen LogP contribution in [0.1, 0.15) is 26.2 Å². The van der Waals surface area contributed by atoms with Gasteiger partial charge in [0.2, 0.25) is 0 Å². The maximum absolute atomic E-state index is 12.3. The summed E-state index contributed by atoms with van der Waals surface area (Å²) in [5.74, 6) is -0.505. The largest absolute Gasteiger partial charge is 0.292 e. The number of likely N-dealkylation sites (N-methyl/N-ethyl adjacent to an activating group) is 1. The van der Waals surface area contributed by atoms with Crippen LogP contribution in [0.15, 0.2) is 11.0 Å². The lowest BCUT2D eigenvalue weighted by atomic mass is 10.0. The van der Waals surface area contributed by atoms with E-state index in [-0.39, 0.29) is 13.6 Å². The molecule has 1 aliphatic heterocycles. The monoisotopic (exact) mass is 370 g/mol.